The Bertz CT molecular complexity index is 349. The summed E-state index contributed by atoms with van der Waals surface area (Å²) in [6.07, 6.45) is 1.22. The molecule has 1 heterocycles. The predicted octanol–water partition coefficient (Wildman–Crippen LogP) is 1.54. The first-order valence-electron chi connectivity index (χ1n) is 6.62. The van der Waals surface area contributed by atoms with Crippen molar-refractivity contribution in [3.05, 3.63) is 35.6 Å². The van der Waals surface area contributed by atoms with E-state index in [-0.39, 0.29) is 5.82 Å². The van der Waals surface area contributed by atoms with Crippen molar-refractivity contribution in [3.63, 3.8) is 0 Å². The molecule has 3 nitrogen and oxygen atoms in total. The van der Waals surface area contributed by atoms with Crippen molar-refractivity contribution in [1.82, 2.24) is 10.2 Å². The molecule has 0 spiro atoms. The van der Waals surface area contributed by atoms with Crippen LogP contribution in [0.5, 0.6) is 0 Å². The maximum absolute atomic E-state index is 12.8. The highest BCUT2D eigenvalue weighted by atomic mass is 19.1. The van der Waals surface area contributed by atoms with Crippen LogP contribution in [0.3, 0.4) is 0 Å². The van der Waals surface area contributed by atoms with Crippen LogP contribution in [0.15, 0.2) is 24.3 Å². The van der Waals surface area contributed by atoms with Gasteiger partial charge in [-0.15, -0.1) is 0 Å². The summed E-state index contributed by atoms with van der Waals surface area (Å²) in [5, 5.41) is 13.3. The molecule has 1 aliphatic rings. The molecular formula is C14H21FN2O. The highest BCUT2D eigenvalue weighted by Crippen LogP contribution is 2.18. The second kappa shape index (κ2) is 6.83. The van der Waals surface area contributed by atoms with Crippen LogP contribution in [-0.2, 0) is 0 Å². The van der Waals surface area contributed by atoms with Gasteiger partial charge in [-0.1, -0.05) is 12.1 Å². The third kappa shape index (κ3) is 4.05. The number of rotatable bonds is 5. The zero-order chi connectivity index (χ0) is 12.8. The van der Waals surface area contributed by atoms with Gasteiger partial charge in [0.1, 0.15) is 5.82 Å². The Hall–Kier alpha value is -0.970. The second-order valence-electron chi connectivity index (χ2n) is 4.80. The largest absolute Gasteiger partial charge is 0.388 e. The standard InChI is InChI=1S/C14H21FN2O/c15-13-5-3-12(4-6-13)14(18)2-1-9-17-10-7-16-8-11-17/h3-6,14,16,18H,1-2,7-11H2/t14-/m1/s1. The molecule has 1 atom stereocenters. The molecule has 0 aliphatic carbocycles. The fraction of sp³-hybridized carbons (Fsp3) is 0.571. The number of halogens is 1. The number of nitrogens with one attached hydrogen (secondary N) is 1. The highest BCUT2D eigenvalue weighted by molar-refractivity contribution is 5.18. The van der Waals surface area contributed by atoms with E-state index < -0.39 is 6.10 Å². The van der Waals surface area contributed by atoms with Crippen molar-refractivity contribution in [2.75, 3.05) is 32.7 Å². The lowest BCUT2D eigenvalue weighted by molar-refractivity contribution is 0.152. The molecule has 1 fully saturated rings. The van der Waals surface area contributed by atoms with Crippen LogP contribution in [0.2, 0.25) is 0 Å². The maximum Gasteiger partial charge on any atom is 0.123 e. The Labute approximate surface area is 108 Å². The van der Waals surface area contributed by atoms with Crippen LogP contribution in [0.1, 0.15) is 24.5 Å². The molecule has 4 heteroatoms. The minimum absolute atomic E-state index is 0.258. The first-order chi connectivity index (χ1) is 8.75. The Morgan fingerprint density at radius 2 is 1.89 bits per heavy atom. The average molecular weight is 252 g/mol. The second-order valence-corrected chi connectivity index (χ2v) is 4.80. The Kier molecular flexibility index (Phi) is 5.11. The number of hydrogen-bond donors (Lipinski definition) is 2. The van der Waals surface area contributed by atoms with Gasteiger partial charge in [-0.05, 0) is 37.1 Å². The summed E-state index contributed by atoms with van der Waals surface area (Å²) in [5.74, 6) is -0.258. The summed E-state index contributed by atoms with van der Waals surface area (Å²) in [6, 6.07) is 6.11. The summed E-state index contributed by atoms with van der Waals surface area (Å²) in [6.45, 7) is 5.32. The van der Waals surface area contributed by atoms with Crippen LogP contribution in [-0.4, -0.2) is 42.7 Å². The van der Waals surface area contributed by atoms with Crippen molar-refractivity contribution >= 4 is 0 Å². The van der Waals surface area contributed by atoms with Gasteiger partial charge >= 0.3 is 0 Å². The van der Waals surface area contributed by atoms with Gasteiger partial charge in [0, 0.05) is 26.2 Å². The van der Waals surface area contributed by atoms with E-state index in [1.807, 2.05) is 0 Å². The van der Waals surface area contributed by atoms with E-state index in [0.717, 1.165) is 51.1 Å². The van der Waals surface area contributed by atoms with E-state index in [4.69, 9.17) is 0 Å². The fourth-order valence-corrected chi connectivity index (χ4v) is 2.29. The lowest BCUT2D eigenvalue weighted by Crippen LogP contribution is -2.43. The van der Waals surface area contributed by atoms with E-state index in [2.05, 4.69) is 10.2 Å². The first-order valence-corrected chi connectivity index (χ1v) is 6.62. The summed E-state index contributed by atoms with van der Waals surface area (Å²) >= 11 is 0. The molecule has 1 aromatic rings. The number of benzene rings is 1. The van der Waals surface area contributed by atoms with Crippen molar-refractivity contribution in [1.29, 1.82) is 0 Å². The summed E-state index contributed by atoms with van der Waals surface area (Å²) < 4.78 is 12.8. The molecule has 0 radical (unpaired) electrons. The molecule has 1 aliphatic heterocycles. The van der Waals surface area contributed by atoms with E-state index in [1.54, 1.807) is 12.1 Å². The van der Waals surface area contributed by atoms with Crippen LogP contribution in [0.4, 0.5) is 4.39 Å². The predicted molar refractivity (Wildman–Crippen MR) is 69.9 cm³/mol. The van der Waals surface area contributed by atoms with Crippen molar-refractivity contribution in [2.24, 2.45) is 0 Å². The lowest BCUT2D eigenvalue weighted by atomic mass is 10.0. The van der Waals surface area contributed by atoms with Gasteiger partial charge in [0.2, 0.25) is 0 Å². The van der Waals surface area contributed by atoms with E-state index >= 15 is 0 Å². The van der Waals surface area contributed by atoms with E-state index in [0.29, 0.717) is 0 Å². The van der Waals surface area contributed by atoms with Gasteiger partial charge in [-0.3, -0.25) is 0 Å². The quantitative estimate of drug-likeness (QED) is 0.834. The zero-order valence-corrected chi connectivity index (χ0v) is 10.6. The minimum Gasteiger partial charge on any atom is -0.388 e. The zero-order valence-electron chi connectivity index (χ0n) is 10.6. The molecule has 2 rings (SSSR count). The van der Waals surface area contributed by atoms with Crippen molar-refractivity contribution in [3.8, 4) is 0 Å². The molecule has 18 heavy (non-hydrogen) atoms. The summed E-state index contributed by atoms with van der Waals surface area (Å²) in [7, 11) is 0. The van der Waals surface area contributed by atoms with Gasteiger partial charge in [0.05, 0.1) is 6.10 Å². The molecule has 1 aromatic carbocycles. The van der Waals surface area contributed by atoms with Crippen molar-refractivity contribution < 1.29 is 9.50 Å². The van der Waals surface area contributed by atoms with Gasteiger partial charge in [-0.25, -0.2) is 4.39 Å². The number of aliphatic hydroxyl groups is 1. The molecule has 2 N–H and O–H groups in total. The van der Waals surface area contributed by atoms with Gasteiger partial charge < -0.3 is 15.3 Å². The van der Waals surface area contributed by atoms with Crippen LogP contribution < -0.4 is 5.32 Å². The Balaban J connectivity index is 1.70. The first kappa shape index (κ1) is 13.5. The van der Waals surface area contributed by atoms with Crippen molar-refractivity contribution in [2.45, 2.75) is 18.9 Å². The van der Waals surface area contributed by atoms with Crippen LogP contribution in [0, 0.1) is 5.82 Å². The molecular weight excluding hydrogens is 231 g/mol. The number of hydrogen-bond acceptors (Lipinski definition) is 3. The number of piperazine rings is 1. The van der Waals surface area contributed by atoms with E-state index in [9.17, 15) is 9.50 Å². The molecule has 0 aromatic heterocycles. The third-order valence-electron chi connectivity index (χ3n) is 3.42. The number of nitrogens with zero attached hydrogens (tertiary/aromatic N) is 1. The van der Waals surface area contributed by atoms with Crippen LogP contribution in [0.25, 0.3) is 0 Å². The smallest absolute Gasteiger partial charge is 0.123 e. The Morgan fingerprint density at radius 3 is 2.56 bits per heavy atom. The fourth-order valence-electron chi connectivity index (χ4n) is 2.29. The van der Waals surface area contributed by atoms with Gasteiger partial charge in [0.25, 0.3) is 0 Å². The molecule has 0 unspecified atom stereocenters. The highest BCUT2D eigenvalue weighted by Gasteiger charge is 2.11. The minimum atomic E-state index is -0.478. The molecule has 0 bridgehead atoms. The molecule has 0 amide bonds. The topological polar surface area (TPSA) is 35.5 Å². The molecule has 1 saturated heterocycles. The average Bonchev–Trinajstić information content (AvgIpc) is 2.40. The van der Waals surface area contributed by atoms with E-state index in [1.165, 1.54) is 12.1 Å². The van der Waals surface area contributed by atoms with Crippen LogP contribution >= 0.6 is 0 Å². The monoisotopic (exact) mass is 252 g/mol. The normalized spacial score (nSPS) is 18.8. The summed E-state index contributed by atoms with van der Waals surface area (Å²) in [5.41, 5.74) is 0.803. The molecule has 100 valence electrons. The van der Waals surface area contributed by atoms with Gasteiger partial charge in [-0.2, -0.15) is 0 Å². The third-order valence-corrected chi connectivity index (χ3v) is 3.42. The lowest BCUT2D eigenvalue weighted by Gasteiger charge is -2.27. The molecule has 0 saturated carbocycles. The summed E-state index contributed by atoms with van der Waals surface area (Å²) in [4.78, 5) is 2.41. The SMILES string of the molecule is O[C@H](CCCN1CCNCC1)c1ccc(F)cc1. The Morgan fingerprint density at radius 1 is 1.22 bits per heavy atom. The maximum atomic E-state index is 12.8. The van der Waals surface area contributed by atoms with Gasteiger partial charge in [0.15, 0.2) is 0 Å². The number of aliphatic hydroxyl groups excluding tert-OH is 1.